The number of carbonyl (C=O) groups excluding carboxylic acids is 1. The van der Waals surface area contributed by atoms with E-state index in [1.165, 1.54) is 11.5 Å². The molecule has 2 heterocycles. The predicted molar refractivity (Wildman–Crippen MR) is 89.9 cm³/mol. The summed E-state index contributed by atoms with van der Waals surface area (Å²) in [5.41, 5.74) is 1.96. The minimum atomic E-state index is 0.0632. The van der Waals surface area contributed by atoms with Crippen LogP contribution < -0.4 is 4.74 Å². The molecule has 0 spiro atoms. The predicted octanol–water partition coefficient (Wildman–Crippen LogP) is 3.48. The number of aromatic nitrogens is 2. The maximum atomic E-state index is 12.9. The topological polar surface area (TPSA) is 55.3 Å². The molecule has 0 N–H and O–H groups in total. The number of benzene rings is 1. The van der Waals surface area contributed by atoms with Crippen LogP contribution in [0.5, 0.6) is 5.75 Å². The van der Waals surface area contributed by atoms with E-state index in [2.05, 4.69) is 21.7 Å². The van der Waals surface area contributed by atoms with Gasteiger partial charge in [0.05, 0.1) is 18.3 Å². The smallest absolute Gasteiger partial charge is 0.268 e. The molecular formula is C17H21N3O2S. The van der Waals surface area contributed by atoms with Crippen LogP contribution in [0.1, 0.15) is 53.7 Å². The number of hydrogen-bond acceptors (Lipinski definition) is 5. The third kappa shape index (κ3) is 3.22. The molecule has 1 unspecified atom stereocenters. The van der Waals surface area contributed by atoms with Crippen molar-refractivity contribution in [1.29, 1.82) is 0 Å². The van der Waals surface area contributed by atoms with Crippen LogP contribution in [0.25, 0.3) is 0 Å². The molecule has 1 atom stereocenters. The molecule has 1 aromatic carbocycles. The first-order chi connectivity index (χ1) is 11.2. The monoisotopic (exact) mass is 331 g/mol. The van der Waals surface area contributed by atoms with Crippen LogP contribution in [0.4, 0.5) is 0 Å². The van der Waals surface area contributed by atoms with Crippen molar-refractivity contribution in [3.8, 4) is 5.75 Å². The third-order valence-corrected chi connectivity index (χ3v) is 4.93. The summed E-state index contributed by atoms with van der Waals surface area (Å²) in [5, 5.41) is 4.06. The maximum Gasteiger partial charge on any atom is 0.268 e. The van der Waals surface area contributed by atoms with Gasteiger partial charge in [-0.15, -0.1) is 5.10 Å². The van der Waals surface area contributed by atoms with Crippen LogP contribution in [-0.4, -0.2) is 33.5 Å². The van der Waals surface area contributed by atoms with Gasteiger partial charge in [0, 0.05) is 6.54 Å². The lowest BCUT2D eigenvalue weighted by Crippen LogP contribution is -2.30. The Balaban J connectivity index is 1.81. The van der Waals surface area contributed by atoms with Gasteiger partial charge in [0.1, 0.15) is 10.6 Å². The summed E-state index contributed by atoms with van der Waals surface area (Å²) in [6.07, 6.45) is 2.75. The van der Waals surface area contributed by atoms with Crippen molar-refractivity contribution < 1.29 is 9.53 Å². The Morgan fingerprint density at radius 2 is 2.13 bits per heavy atom. The molecule has 1 aliphatic heterocycles. The molecule has 23 heavy (non-hydrogen) atoms. The zero-order chi connectivity index (χ0) is 16.2. The van der Waals surface area contributed by atoms with Crippen LogP contribution in [0.3, 0.4) is 0 Å². The molecule has 1 saturated heterocycles. The van der Waals surface area contributed by atoms with E-state index >= 15 is 0 Å². The Morgan fingerprint density at radius 1 is 1.35 bits per heavy atom. The number of ether oxygens (including phenoxy) is 1. The number of rotatable bonds is 5. The SMILES string of the molecule is CCOc1ccc(C2CCCN2C(=O)c2snnc2CC)cc1. The van der Waals surface area contributed by atoms with Crippen molar-refractivity contribution in [3.63, 3.8) is 0 Å². The van der Waals surface area contributed by atoms with Gasteiger partial charge in [0.25, 0.3) is 5.91 Å². The Morgan fingerprint density at radius 3 is 2.83 bits per heavy atom. The quantitative estimate of drug-likeness (QED) is 0.842. The number of carbonyl (C=O) groups is 1. The molecule has 0 saturated carbocycles. The molecular weight excluding hydrogens is 310 g/mol. The van der Waals surface area contributed by atoms with E-state index in [1.807, 2.05) is 30.9 Å². The molecule has 122 valence electrons. The third-order valence-electron chi connectivity index (χ3n) is 4.17. The molecule has 2 aromatic rings. The second kappa shape index (κ2) is 7.08. The van der Waals surface area contributed by atoms with E-state index in [9.17, 15) is 4.79 Å². The van der Waals surface area contributed by atoms with Gasteiger partial charge in [0.15, 0.2) is 0 Å². The van der Waals surface area contributed by atoms with Gasteiger partial charge in [-0.3, -0.25) is 4.79 Å². The molecule has 5 nitrogen and oxygen atoms in total. The minimum absolute atomic E-state index is 0.0632. The van der Waals surface area contributed by atoms with E-state index in [0.29, 0.717) is 11.5 Å². The highest BCUT2D eigenvalue weighted by Gasteiger charge is 2.32. The average molecular weight is 331 g/mol. The summed E-state index contributed by atoms with van der Waals surface area (Å²) < 4.78 is 9.43. The molecule has 1 amide bonds. The van der Waals surface area contributed by atoms with Crippen LogP contribution in [0.15, 0.2) is 24.3 Å². The lowest BCUT2D eigenvalue weighted by Gasteiger charge is -2.25. The van der Waals surface area contributed by atoms with E-state index in [1.54, 1.807) is 0 Å². The van der Waals surface area contributed by atoms with Crippen LogP contribution in [-0.2, 0) is 6.42 Å². The van der Waals surface area contributed by atoms with Crippen molar-refractivity contribution >= 4 is 17.4 Å². The number of amides is 1. The van der Waals surface area contributed by atoms with Gasteiger partial charge in [0.2, 0.25) is 0 Å². The number of aryl methyl sites for hydroxylation is 1. The Bertz CT molecular complexity index is 669. The highest BCUT2D eigenvalue weighted by atomic mass is 32.1. The minimum Gasteiger partial charge on any atom is -0.494 e. The first kappa shape index (κ1) is 15.9. The summed E-state index contributed by atoms with van der Waals surface area (Å²) in [6.45, 7) is 5.42. The number of nitrogens with zero attached hydrogens (tertiary/aromatic N) is 3. The summed E-state index contributed by atoms with van der Waals surface area (Å²) >= 11 is 1.20. The highest BCUT2D eigenvalue weighted by Crippen LogP contribution is 2.34. The van der Waals surface area contributed by atoms with Gasteiger partial charge >= 0.3 is 0 Å². The van der Waals surface area contributed by atoms with E-state index < -0.39 is 0 Å². The summed E-state index contributed by atoms with van der Waals surface area (Å²) in [5.74, 6) is 0.931. The fourth-order valence-corrected chi connectivity index (χ4v) is 3.75. The standard InChI is InChI=1S/C17H21N3O2S/c1-3-14-16(23-19-18-14)17(21)20-11-5-6-15(20)12-7-9-13(10-8-12)22-4-2/h7-10,15H,3-6,11H2,1-2H3. The van der Waals surface area contributed by atoms with Gasteiger partial charge in [-0.25, -0.2) is 0 Å². The molecule has 0 bridgehead atoms. The molecule has 0 radical (unpaired) electrons. The molecule has 0 aliphatic carbocycles. The first-order valence-corrected chi connectivity index (χ1v) is 8.86. The normalized spacial score (nSPS) is 17.5. The Kier molecular flexibility index (Phi) is 4.91. The van der Waals surface area contributed by atoms with Crippen molar-refractivity contribution in [2.24, 2.45) is 0 Å². The van der Waals surface area contributed by atoms with Crippen LogP contribution >= 0.6 is 11.5 Å². The molecule has 1 aliphatic rings. The number of hydrogen-bond donors (Lipinski definition) is 0. The Hall–Kier alpha value is -1.95. The van der Waals surface area contributed by atoms with E-state index in [0.717, 1.165) is 42.8 Å². The molecule has 1 fully saturated rings. The van der Waals surface area contributed by atoms with Gasteiger partial charge in [-0.1, -0.05) is 23.5 Å². The number of likely N-dealkylation sites (tertiary alicyclic amines) is 1. The highest BCUT2D eigenvalue weighted by molar-refractivity contribution is 7.08. The van der Waals surface area contributed by atoms with Crippen molar-refractivity contribution in [2.45, 2.75) is 39.2 Å². The molecule has 6 heteroatoms. The fourth-order valence-electron chi connectivity index (χ4n) is 3.04. The summed E-state index contributed by atoms with van der Waals surface area (Å²) in [4.78, 5) is 15.5. The van der Waals surface area contributed by atoms with E-state index in [-0.39, 0.29) is 11.9 Å². The summed E-state index contributed by atoms with van der Waals surface area (Å²) in [7, 11) is 0. The van der Waals surface area contributed by atoms with Gasteiger partial charge in [-0.2, -0.15) is 0 Å². The molecule has 3 rings (SSSR count). The van der Waals surface area contributed by atoms with Gasteiger partial charge < -0.3 is 9.64 Å². The first-order valence-electron chi connectivity index (χ1n) is 8.09. The summed E-state index contributed by atoms with van der Waals surface area (Å²) in [6, 6.07) is 8.21. The lowest BCUT2D eigenvalue weighted by atomic mass is 10.0. The van der Waals surface area contributed by atoms with Crippen LogP contribution in [0, 0.1) is 0 Å². The fraction of sp³-hybridized carbons (Fsp3) is 0.471. The zero-order valence-corrected chi connectivity index (χ0v) is 14.3. The molecule has 1 aromatic heterocycles. The van der Waals surface area contributed by atoms with Crippen molar-refractivity contribution in [3.05, 3.63) is 40.4 Å². The second-order valence-electron chi connectivity index (χ2n) is 5.56. The Labute approximate surface area is 140 Å². The van der Waals surface area contributed by atoms with Gasteiger partial charge in [-0.05, 0) is 55.4 Å². The zero-order valence-electron chi connectivity index (χ0n) is 13.5. The van der Waals surface area contributed by atoms with E-state index in [4.69, 9.17) is 4.74 Å². The van der Waals surface area contributed by atoms with Crippen LogP contribution in [0.2, 0.25) is 0 Å². The second-order valence-corrected chi connectivity index (χ2v) is 6.32. The average Bonchev–Trinajstić information content (AvgIpc) is 3.24. The maximum absolute atomic E-state index is 12.9. The van der Waals surface area contributed by atoms with Crippen molar-refractivity contribution in [2.75, 3.05) is 13.2 Å². The largest absolute Gasteiger partial charge is 0.494 e. The lowest BCUT2D eigenvalue weighted by molar-refractivity contribution is 0.0739. The van der Waals surface area contributed by atoms with Crippen molar-refractivity contribution in [1.82, 2.24) is 14.5 Å².